The molecule has 0 aliphatic heterocycles. The van der Waals surface area contributed by atoms with E-state index in [-0.39, 0.29) is 5.56 Å². The predicted molar refractivity (Wildman–Crippen MR) is 64.4 cm³/mol. The van der Waals surface area contributed by atoms with Gasteiger partial charge < -0.3 is 20.8 Å². The van der Waals surface area contributed by atoms with Crippen molar-refractivity contribution in [3.63, 3.8) is 0 Å². The van der Waals surface area contributed by atoms with Crippen LogP contribution in [0.4, 0.5) is 5.82 Å². The summed E-state index contributed by atoms with van der Waals surface area (Å²) in [6.07, 6.45) is 0.313. The molecule has 0 aliphatic carbocycles. The van der Waals surface area contributed by atoms with Gasteiger partial charge in [0.15, 0.2) is 6.04 Å². The highest BCUT2D eigenvalue weighted by atomic mass is 16.4. The van der Waals surface area contributed by atoms with Crippen molar-refractivity contribution in [1.29, 1.82) is 0 Å². The van der Waals surface area contributed by atoms with Crippen LogP contribution in [0.25, 0.3) is 0 Å². The van der Waals surface area contributed by atoms with Crippen LogP contribution < -0.4 is 10.6 Å². The van der Waals surface area contributed by atoms with Crippen molar-refractivity contribution < 1.29 is 19.8 Å². The number of aromatic nitrogens is 1. The van der Waals surface area contributed by atoms with E-state index in [1.165, 1.54) is 19.2 Å². The summed E-state index contributed by atoms with van der Waals surface area (Å²) in [7, 11) is 1.60. The van der Waals surface area contributed by atoms with Crippen LogP contribution in [0.1, 0.15) is 17.3 Å². The summed E-state index contributed by atoms with van der Waals surface area (Å²) in [5, 5.41) is 23.1. The number of hydrogen-bond donors (Lipinski definition) is 4. The smallest absolute Gasteiger partial charge is 0.328 e. The summed E-state index contributed by atoms with van der Waals surface area (Å²) < 4.78 is 0. The molecule has 7 heteroatoms. The Morgan fingerprint density at radius 2 is 2.11 bits per heavy atom. The Labute approximate surface area is 104 Å². The number of amides is 1. The normalized spacial score (nSPS) is 13.5. The van der Waals surface area contributed by atoms with Crippen LogP contribution in [0.5, 0.6) is 0 Å². The van der Waals surface area contributed by atoms with Gasteiger partial charge >= 0.3 is 5.97 Å². The van der Waals surface area contributed by atoms with Crippen LogP contribution in [-0.4, -0.2) is 46.3 Å². The van der Waals surface area contributed by atoms with Crippen LogP contribution in [0.15, 0.2) is 18.3 Å². The largest absolute Gasteiger partial charge is 0.480 e. The van der Waals surface area contributed by atoms with Crippen molar-refractivity contribution in [2.75, 3.05) is 12.4 Å². The molecule has 2 atom stereocenters. The molecule has 0 unspecified atom stereocenters. The molecule has 1 aromatic rings. The van der Waals surface area contributed by atoms with Gasteiger partial charge in [-0.25, -0.2) is 9.78 Å². The second kappa shape index (κ2) is 5.97. The third kappa shape index (κ3) is 3.17. The lowest BCUT2D eigenvalue weighted by molar-refractivity contribution is -0.141. The zero-order valence-corrected chi connectivity index (χ0v) is 10.0. The predicted octanol–water partition coefficient (Wildman–Crippen LogP) is -0.313. The van der Waals surface area contributed by atoms with E-state index in [0.717, 1.165) is 0 Å². The molecule has 0 aromatic carbocycles. The quantitative estimate of drug-likeness (QED) is 0.572. The zero-order chi connectivity index (χ0) is 13.7. The molecule has 0 spiro atoms. The van der Waals surface area contributed by atoms with Crippen LogP contribution in [0.3, 0.4) is 0 Å². The van der Waals surface area contributed by atoms with Gasteiger partial charge in [-0.1, -0.05) is 0 Å². The number of nitrogens with zero attached hydrogens (tertiary/aromatic N) is 1. The number of nitrogens with one attached hydrogen (secondary N) is 2. The highest BCUT2D eigenvalue weighted by molar-refractivity contribution is 6.00. The summed E-state index contributed by atoms with van der Waals surface area (Å²) >= 11 is 0. The number of hydrogen-bond acceptors (Lipinski definition) is 5. The van der Waals surface area contributed by atoms with Gasteiger partial charge in [0.05, 0.1) is 11.7 Å². The molecule has 0 bridgehead atoms. The number of anilines is 1. The number of aliphatic hydroxyl groups excluding tert-OH is 1. The monoisotopic (exact) mass is 253 g/mol. The fourth-order valence-corrected chi connectivity index (χ4v) is 1.40. The topological polar surface area (TPSA) is 112 Å². The maximum Gasteiger partial charge on any atom is 0.328 e. The first-order valence-corrected chi connectivity index (χ1v) is 5.32. The van der Waals surface area contributed by atoms with Crippen molar-refractivity contribution in [1.82, 2.24) is 10.3 Å². The number of pyridine rings is 1. The lowest BCUT2D eigenvalue weighted by Gasteiger charge is -2.17. The number of carbonyl (C=O) groups is 2. The van der Waals surface area contributed by atoms with Crippen LogP contribution in [0.2, 0.25) is 0 Å². The molecule has 0 saturated carbocycles. The van der Waals surface area contributed by atoms with Gasteiger partial charge in [-0.15, -0.1) is 0 Å². The van der Waals surface area contributed by atoms with Gasteiger partial charge in [0.25, 0.3) is 5.91 Å². The number of aliphatic hydroxyl groups is 1. The van der Waals surface area contributed by atoms with E-state index in [9.17, 15) is 14.7 Å². The Hall–Kier alpha value is -2.15. The highest BCUT2D eigenvalue weighted by Crippen LogP contribution is 2.10. The highest BCUT2D eigenvalue weighted by Gasteiger charge is 2.26. The number of aliphatic carboxylic acids is 1. The van der Waals surface area contributed by atoms with E-state index in [2.05, 4.69) is 15.6 Å². The summed E-state index contributed by atoms with van der Waals surface area (Å²) in [5.74, 6) is -1.57. The first-order valence-electron chi connectivity index (χ1n) is 5.32. The van der Waals surface area contributed by atoms with Crippen LogP contribution >= 0.6 is 0 Å². The molecule has 4 N–H and O–H groups in total. The Kier molecular flexibility index (Phi) is 4.61. The maximum absolute atomic E-state index is 11.9. The minimum atomic E-state index is -1.36. The molecule has 7 nitrogen and oxygen atoms in total. The van der Waals surface area contributed by atoms with Gasteiger partial charge in [-0.2, -0.15) is 0 Å². The fourth-order valence-electron chi connectivity index (χ4n) is 1.40. The standard InChI is InChI=1S/C11H15N3O4/c1-6(15)8(11(17)18)14-10(16)7-4-3-5-13-9(7)12-2/h3-6,8,15H,1-2H3,(H,12,13)(H,14,16)(H,17,18)/t6-,8+/m1/s1. The zero-order valence-electron chi connectivity index (χ0n) is 10.0. The lowest BCUT2D eigenvalue weighted by Crippen LogP contribution is -2.47. The van der Waals surface area contributed by atoms with E-state index in [0.29, 0.717) is 5.82 Å². The fraction of sp³-hybridized carbons (Fsp3) is 0.364. The molecule has 0 radical (unpaired) electrons. The molecule has 1 rings (SSSR count). The Morgan fingerprint density at radius 3 is 2.61 bits per heavy atom. The maximum atomic E-state index is 11.9. The third-order valence-corrected chi connectivity index (χ3v) is 2.32. The summed E-state index contributed by atoms with van der Waals surface area (Å²) in [6.45, 7) is 1.29. The molecule has 18 heavy (non-hydrogen) atoms. The van der Waals surface area contributed by atoms with Crippen molar-refractivity contribution in [3.05, 3.63) is 23.9 Å². The number of carbonyl (C=O) groups excluding carboxylic acids is 1. The van der Waals surface area contributed by atoms with Crippen LogP contribution in [0, 0.1) is 0 Å². The summed E-state index contributed by atoms with van der Waals surface area (Å²) in [4.78, 5) is 26.7. The van der Waals surface area contributed by atoms with E-state index in [1.54, 1.807) is 13.1 Å². The van der Waals surface area contributed by atoms with Gasteiger partial charge in [-0.05, 0) is 19.1 Å². The second-order valence-corrected chi connectivity index (χ2v) is 3.68. The number of carboxylic acids is 1. The molecule has 1 aromatic heterocycles. The average molecular weight is 253 g/mol. The molecule has 98 valence electrons. The van der Waals surface area contributed by atoms with Crippen LogP contribution in [-0.2, 0) is 4.79 Å². The average Bonchev–Trinajstić information content (AvgIpc) is 2.34. The lowest BCUT2D eigenvalue weighted by atomic mass is 10.1. The molecule has 0 aliphatic rings. The number of carboxylic acid groups (broad SMARTS) is 1. The Morgan fingerprint density at radius 1 is 1.44 bits per heavy atom. The van der Waals surface area contributed by atoms with Crippen molar-refractivity contribution in [3.8, 4) is 0 Å². The molecule has 0 saturated heterocycles. The Balaban J connectivity index is 2.90. The van der Waals surface area contributed by atoms with Gasteiger partial charge in [0.2, 0.25) is 0 Å². The molecular formula is C11H15N3O4. The third-order valence-electron chi connectivity index (χ3n) is 2.32. The first kappa shape index (κ1) is 13.9. The van der Waals surface area contributed by atoms with E-state index in [4.69, 9.17) is 5.11 Å². The van der Waals surface area contributed by atoms with E-state index in [1.807, 2.05) is 0 Å². The SMILES string of the molecule is CNc1ncccc1C(=O)N[C@H](C(=O)O)[C@@H](C)O. The van der Waals surface area contributed by atoms with Crippen molar-refractivity contribution in [2.45, 2.75) is 19.1 Å². The minimum absolute atomic E-state index is 0.215. The molecule has 1 amide bonds. The van der Waals surface area contributed by atoms with Gasteiger partial charge in [0, 0.05) is 13.2 Å². The van der Waals surface area contributed by atoms with E-state index < -0.39 is 24.0 Å². The van der Waals surface area contributed by atoms with Crippen molar-refractivity contribution in [2.24, 2.45) is 0 Å². The van der Waals surface area contributed by atoms with Crippen molar-refractivity contribution >= 4 is 17.7 Å². The molecule has 0 fully saturated rings. The molecular weight excluding hydrogens is 238 g/mol. The summed E-state index contributed by atoms with van der Waals surface area (Å²) in [6, 6.07) is 1.71. The van der Waals surface area contributed by atoms with Gasteiger partial charge in [0.1, 0.15) is 5.82 Å². The van der Waals surface area contributed by atoms with E-state index >= 15 is 0 Å². The minimum Gasteiger partial charge on any atom is -0.480 e. The van der Waals surface area contributed by atoms with Gasteiger partial charge in [-0.3, -0.25) is 4.79 Å². The molecule has 1 heterocycles. The summed E-state index contributed by atoms with van der Waals surface area (Å²) in [5.41, 5.74) is 0.215. The number of rotatable bonds is 5. The second-order valence-electron chi connectivity index (χ2n) is 3.68. The first-order chi connectivity index (χ1) is 8.47. The Bertz CT molecular complexity index is 448.